The molecule has 5 aromatic carbocycles. The minimum Gasteiger partial charge on any atom is -0.455 e. The Kier molecular flexibility index (Phi) is 5.19. The maximum absolute atomic E-state index is 10.7. The van der Waals surface area contributed by atoms with Crippen LogP contribution in [0, 0.1) is 0 Å². The van der Waals surface area contributed by atoms with Gasteiger partial charge in [-0.15, -0.1) is 0 Å². The number of rotatable bonds is 4. The molecule has 3 radical (unpaired) electrons. The van der Waals surface area contributed by atoms with E-state index >= 15 is 0 Å². The van der Waals surface area contributed by atoms with E-state index < -0.39 is 16.6 Å². The number of hydrogen-bond donors (Lipinski definition) is 1. The normalized spacial score (nSPS) is 17.0. The summed E-state index contributed by atoms with van der Waals surface area (Å²) in [5.41, 5.74) is 10.5. The van der Waals surface area contributed by atoms with Gasteiger partial charge in [-0.25, -0.2) is 0 Å². The summed E-state index contributed by atoms with van der Waals surface area (Å²) in [6.07, 6.45) is 0. The molecule has 0 aliphatic heterocycles. The average Bonchev–Trinajstić information content (AvgIpc) is 3.59. The van der Waals surface area contributed by atoms with Crippen molar-refractivity contribution in [2.45, 2.75) is 44.3 Å². The fraction of sp³-hybridized carbons (Fsp3) is 0.189. The van der Waals surface area contributed by atoms with Crippen LogP contribution in [0.3, 0.4) is 0 Å². The summed E-state index contributed by atoms with van der Waals surface area (Å²) in [6, 6.07) is 34.2. The van der Waals surface area contributed by atoms with Gasteiger partial charge in [0.15, 0.2) is 0 Å². The predicted molar refractivity (Wildman–Crippen MR) is 172 cm³/mol. The van der Waals surface area contributed by atoms with Crippen molar-refractivity contribution >= 4 is 48.2 Å². The zero-order valence-electron chi connectivity index (χ0n) is 24.2. The van der Waals surface area contributed by atoms with Crippen LogP contribution in [0.2, 0.25) is 0 Å². The SMILES string of the molecule is [B]c1ccc2c(c1)C1(c3cc([B]OC(C)(C)C(C)(C)O)ccc3-2)c2ccccc2-c2c1ccc1c2oc2ccccc21. The minimum atomic E-state index is -1.02. The zero-order chi connectivity index (χ0) is 29.0. The molecule has 0 fully saturated rings. The van der Waals surface area contributed by atoms with Gasteiger partial charge in [-0.05, 0) is 72.7 Å². The zero-order valence-corrected chi connectivity index (χ0v) is 24.2. The van der Waals surface area contributed by atoms with Crippen LogP contribution in [0.5, 0.6) is 0 Å². The molecule has 1 atom stereocenters. The van der Waals surface area contributed by atoms with Crippen LogP contribution in [0.4, 0.5) is 0 Å². The van der Waals surface area contributed by atoms with Gasteiger partial charge in [0.2, 0.25) is 0 Å². The first-order valence-electron chi connectivity index (χ1n) is 14.4. The fourth-order valence-electron chi connectivity index (χ4n) is 6.91. The van der Waals surface area contributed by atoms with Crippen molar-refractivity contribution in [3.8, 4) is 22.3 Å². The molecule has 0 bridgehead atoms. The molecule has 1 unspecified atom stereocenters. The highest BCUT2D eigenvalue weighted by molar-refractivity contribution is 6.47. The summed E-state index contributed by atoms with van der Waals surface area (Å²) < 4.78 is 12.8. The molecular formula is C37H29B2O3. The molecule has 8 rings (SSSR count). The van der Waals surface area contributed by atoms with Crippen LogP contribution in [-0.2, 0) is 10.1 Å². The molecule has 6 aromatic rings. The first-order chi connectivity index (χ1) is 20.1. The Morgan fingerprint density at radius 1 is 0.714 bits per heavy atom. The van der Waals surface area contributed by atoms with Gasteiger partial charge in [-0.2, -0.15) is 0 Å². The average molecular weight is 543 g/mol. The van der Waals surface area contributed by atoms with Crippen molar-refractivity contribution in [2.24, 2.45) is 0 Å². The van der Waals surface area contributed by atoms with Crippen LogP contribution < -0.4 is 10.9 Å². The van der Waals surface area contributed by atoms with Crippen molar-refractivity contribution in [1.82, 2.24) is 0 Å². The molecular weight excluding hydrogens is 514 g/mol. The molecule has 1 spiro atoms. The summed E-state index contributed by atoms with van der Waals surface area (Å²) in [7, 11) is 8.27. The Morgan fingerprint density at radius 3 is 2.24 bits per heavy atom. The van der Waals surface area contributed by atoms with Crippen molar-refractivity contribution < 1.29 is 14.2 Å². The Bertz CT molecular complexity index is 2080. The maximum Gasteiger partial charge on any atom is 0.330 e. The largest absolute Gasteiger partial charge is 0.455 e. The van der Waals surface area contributed by atoms with E-state index in [9.17, 15) is 5.11 Å². The standard InChI is InChI=1S/C37H29B2O3/c1-35(2,40)36(3,4)42-39-22-14-16-24-23-15-13-21(38)19-30(23)37(31(24)20-22)28-11-7-5-10-27(28)33-29(37)18-17-26-25-9-6-8-12-32(25)41-34(26)33/h5-20,40H,1-4H3. The smallest absolute Gasteiger partial charge is 0.330 e. The molecule has 0 saturated heterocycles. The Hall–Kier alpha value is -4.05. The summed E-state index contributed by atoms with van der Waals surface area (Å²) in [4.78, 5) is 0. The third kappa shape index (κ3) is 3.27. The maximum atomic E-state index is 10.7. The van der Waals surface area contributed by atoms with E-state index in [0.29, 0.717) is 0 Å². The lowest BCUT2D eigenvalue weighted by Gasteiger charge is -2.37. The van der Waals surface area contributed by atoms with Gasteiger partial charge in [0.05, 0.1) is 16.6 Å². The first kappa shape index (κ1) is 25.6. The second-order valence-electron chi connectivity index (χ2n) is 12.7. The molecule has 0 amide bonds. The van der Waals surface area contributed by atoms with Gasteiger partial charge >= 0.3 is 7.48 Å². The monoisotopic (exact) mass is 543 g/mol. The number of aliphatic hydroxyl groups is 1. The first-order valence-corrected chi connectivity index (χ1v) is 14.4. The highest BCUT2D eigenvalue weighted by atomic mass is 16.5. The van der Waals surface area contributed by atoms with E-state index in [4.69, 9.17) is 16.9 Å². The van der Waals surface area contributed by atoms with Crippen LogP contribution in [0.25, 0.3) is 44.2 Å². The van der Waals surface area contributed by atoms with Crippen molar-refractivity contribution in [1.29, 1.82) is 0 Å². The topological polar surface area (TPSA) is 42.6 Å². The molecule has 3 nitrogen and oxygen atoms in total. The number of benzene rings is 5. The highest BCUT2D eigenvalue weighted by Gasteiger charge is 2.52. The molecule has 1 N–H and O–H groups in total. The van der Waals surface area contributed by atoms with E-state index in [2.05, 4.69) is 78.9 Å². The molecule has 201 valence electrons. The van der Waals surface area contributed by atoms with E-state index in [0.717, 1.165) is 38.4 Å². The quantitative estimate of drug-likeness (QED) is 0.257. The van der Waals surface area contributed by atoms with Crippen LogP contribution >= 0.6 is 0 Å². The van der Waals surface area contributed by atoms with Crippen molar-refractivity contribution in [2.75, 3.05) is 0 Å². The number of furan rings is 1. The molecule has 1 heterocycles. The summed E-state index contributed by atoms with van der Waals surface area (Å²) in [6.45, 7) is 7.34. The third-order valence-electron chi connectivity index (χ3n) is 9.70. The van der Waals surface area contributed by atoms with Gasteiger partial charge in [0.1, 0.15) is 19.0 Å². The van der Waals surface area contributed by atoms with Gasteiger partial charge in [0, 0.05) is 16.3 Å². The second-order valence-corrected chi connectivity index (χ2v) is 12.7. The summed E-state index contributed by atoms with van der Waals surface area (Å²) in [5.74, 6) is 0. The number of hydrogen-bond acceptors (Lipinski definition) is 3. The lowest BCUT2D eigenvalue weighted by atomic mass is 9.68. The summed E-state index contributed by atoms with van der Waals surface area (Å²) >= 11 is 0. The predicted octanol–water partition coefficient (Wildman–Crippen LogP) is 6.53. The van der Waals surface area contributed by atoms with E-state index in [1.807, 2.05) is 32.0 Å². The van der Waals surface area contributed by atoms with Crippen molar-refractivity contribution in [3.63, 3.8) is 0 Å². The Balaban J connectivity index is 1.43. The van der Waals surface area contributed by atoms with Crippen LogP contribution in [0.15, 0.2) is 101 Å². The Morgan fingerprint density at radius 2 is 1.43 bits per heavy atom. The van der Waals surface area contributed by atoms with E-state index in [-0.39, 0.29) is 0 Å². The summed E-state index contributed by atoms with van der Waals surface area (Å²) in [5, 5.41) is 12.9. The van der Waals surface area contributed by atoms with E-state index in [1.54, 1.807) is 21.3 Å². The van der Waals surface area contributed by atoms with Gasteiger partial charge < -0.3 is 14.2 Å². The molecule has 42 heavy (non-hydrogen) atoms. The van der Waals surface area contributed by atoms with Crippen molar-refractivity contribution in [3.05, 3.63) is 119 Å². The van der Waals surface area contributed by atoms with Gasteiger partial charge in [0.25, 0.3) is 0 Å². The molecule has 2 aliphatic rings. The number of para-hydroxylation sites is 1. The Labute approximate surface area is 247 Å². The lowest BCUT2D eigenvalue weighted by Crippen LogP contribution is -2.49. The van der Waals surface area contributed by atoms with E-state index in [1.165, 1.54) is 38.9 Å². The number of fused-ring (bicyclic) bond motifs is 14. The minimum absolute atomic E-state index is 0.575. The second kappa shape index (κ2) is 8.50. The lowest BCUT2D eigenvalue weighted by molar-refractivity contribution is -0.0893. The van der Waals surface area contributed by atoms with Crippen LogP contribution in [0.1, 0.15) is 49.9 Å². The van der Waals surface area contributed by atoms with Crippen LogP contribution in [-0.4, -0.2) is 31.6 Å². The molecule has 5 heteroatoms. The fourth-order valence-corrected chi connectivity index (χ4v) is 6.91. The van der Waals surface area contributed by atoms with Gasteiger partial charge in [-0.1, -0.05) is 102 Å². The molecule has 2 aliphatic carbocycles. The molecule has 1 aromatic heterocycles. The molecule has 0 saturated carbocycles. The third-order valence-corrected chi connectivity index (χ3v) is 9.70. The highest BCUT2D eigenvalue weighted by Crippen LogP contribution is 2.63. The van der Waals surface area contributed by atoms with Gasteiger partial charge in [-0.3, -0.25) is 0 Å².